The largest absolute Gasteiger partial charge is 0.454 e. The fraction of sp³-hybridized carbons (Fsp3) is 0.160. The maximum atomic E-state index is 12.7. The maximum Gasteiger partial charge on any atom is 0.178 e. The minimum atomic E-state index is -0.656. The molecule has 0 unspecified atom stereocenters. The number of fused-ring (bicyclic) bond motifs is 1. The van der Waals surface area contributed by atoms with Gasteiger partial charge in [-0.3, -0.25) is 4.79 Å². The lowest BCUT2D eigenvalue weighted by Gasteiger charge is -2.15. The number of hydrogen-bond acceptors (Lipinski definition) is 4. The standard InChI is InChI=1S/C25H21N3O2/c1-25(2,3)24(29)18(15-26)13-19-16-28(20-10-5-4-6-11-20)27-23(19)22-14-17-9-7-8-12-21(17)30-22/h4-14,16H,1-3H3. The summed E-state index contributed by atoms with van der Waals surface area (Å²) < 4.78 is 7.74. The topological polar surface area (TPSA) is 71.8 Å². The van der Waals surface area contributed by atoms with Crippen LogP contribution in [0.4, 0.5) is 0 Å². The van der Waals surface area contributed by atoms with Crippen LogP contribution in [0.2, 0.25) is 0 Å². The summed E-state index contributed by atoms with van der Waals surface area (Å²) in [6, 6.07) is 21.4. The van der Waals surface area contributed by atoms with Crippen molar-refractivity contribution in [3.63, 3.8) is 0 Å². The van der Waals surface area contributed by atoms with Gasteiger partial charge < -0.3 is 4.42 Å². The third kappa shape index (κ3) is 3.68. The average Bonchev–Trinajstić information content (AvgIpc) is 3.35. The zero-order valence-electron chi connectivity index (χ0n) is 17.1. The number of carbonyl (C=O) groups is 1. The van der Waals surface area contributed by atoms with Gasteiger partial charge in [0.25, 0.3) is 0 Å². The van der Waals surface area contributed by atoms with Gasteiger partial charge in [-0.15, -0.1) is 0 Å². The van der Waals surface area contributed by atoms with E-state index in [2.05, 4.69) is 6.07 Å². The Labute approximate surface area is 174 Å². The third-order valence-corrected chi connectivity index (χ3v) is 4.77. The highest BCUT2D eigenvalue weighted by Gasteiger charge is 2.26. The number of aromatic nitrogens is 2. The monoisotopic (exact) mass is 395 g/mol. The zero-order valence-corrected chi connectivity index (χ0v) is 17.1. The molecular weight excluding hydrogens is 374 g/mol. The summed E-state index contributed by atoms with van der Waals surface area (Å²) in [6.07, 6.45) is 3.41. The molecule has 0 aliphatic heterocycles. The Balaban J connectivity index is 1.90. The lowest BCUT2D eigenvalue weighted by atomic mass is 9.86. The number of hydrogen-bond donors (Lipinski definition) is 0. The molecule has 5 heteroatoms. The summed E-state index contributed by atoms with van der Waals surface area (Å²) in [7, 11) is 0. The van der Waals surface area contributed by atoms with E-state index in [1.165, 1.54) is 0 Å². The number of benzene rings is 2. The quantitative estimate of drug-likeness (QED) is 0.323. The number of Topliss-reactive ketones (excluding diaryl/α,β-unsaturated/α-hetero) is 1. The van der Waals surface area contributed by atoms with E-state index in [4.69, 9.17) is 9.52 Å². The van der Waals surface area contributed by atoms with Crippen molar-refractivity contribution >= 4 is 22.8 Å². The van der Waals surface area contributed by atoms with E-state index in [0.29, 0.717) is 17.0 Å². The van der Waals surface area contributed by atoms with E-state index in [-0.39, 0.29) is 11.4 Å². The molecule has 0 spiro atoms. The second kappa shape index (κ2) is 7.49. The number of furan rings is 1. The molecule has 0 N–H and O–H groups in total. The highest BCUT2D eigenvalue weighted by Crippen LogP contribution is 2.31. The van der Waals surface area contributed by atoms with E-state index in [9.17, 15) is 10.1 Å². The van der Waals surface area contributed by atoms with E-state index < -0.39 is 5.41 Å². The van der Waals surface area contributed by atoms with E-state index in [1.54, 1.807) is 31.5 Å². The fourth-order valence-corrected chi connectivity index (χ4v) is 3.20. The van der Waals surface area contributed by atoms with Gasteiger partial charge in [0.15, 0.2) is 11.5 Å². The van der Waals surface area contributed by atoms with Crippen molar-refractivity contribution in [2.45, 2.75) is 20.8 Å². The molecule has 2 aromatic carbocycles. The Morgan fingerprint density at radius 3 is 2.47 bits per heavy atom. The average molecular weight is 395 g/mol. The molecule has 148 valence electrons. The summed E-state index contributed by atoms with van der Waals surface area (Å²) >= 11 is 0. The van der Waals surface area contributed by atoms with Gasteiger partial charge in [-0.25, -0.2) is 4.68 Å². The van der Waals surface area contributed by atoms with Crippen molar-refractivity contribution < 1.29 is 9.21 Å². The number of nitrogens with zero attached hydrogens (tertiary/aromatic N) is 3. The van der Waals surface area contributed by atoms with Crippen LogP contribution >= 0.6 is 0 Å². The molecule has 2 heterocycles. The van der Waals surface area contributed by atoms with Crippen molar-refractivity contribution in [2.24, 2.45) is 5.41 Å². The summed E-state index contributed by atoms with van der Waals surface area (Å²) in [6.45, 7) is 5.40. The first-order valence-corrected chi connectivity index (χ1v) is 9.67. The van der Waals surface area contributed by atoms with Gasteiger partial charge in [0.05, 0.1) is 11.3 Å². The molecule has 0 radical (unpaired) electrons. The van der Waals surface area contributed by atoms with Crippen molar-refractivity contribution in [1.29, 1.82) is 5.26 Å². The molecule has 4 rings (SSSR count). The van der Waals surface area contributed by atoms with Crippen LogP contribution in [0.5, 0.6) is 0 Å². The number of ketones is 1. The van der Waals surface area contributed by atoms with Crippen molar-refractivity contribution in [3.05, 3.63) is 78.0 Å². The number of nitriles is 1. The number of carbonyl (C=O) groups excluding carboxylic acids is 1. The van der Waals surface area contributed by atoms with Gasteiger partial charge in [-0.2, -0.15) is 10.4 Å². The molecule has 0 saturated carbocycles. The van der Waals surface area contributed by atoms with Crippen LogP contribution in [-0.2, 0) is 4.79 Å². The van der Waals surface area contributed by atoms with Crippen molar-refractivity contribution in [1.82, 2.24) is 9.78 Å². The van der Waals surface area contributed by atoms with Gasteiger partial charge >= 0.3 is 0 Å². The number of para-hydroxylation sites is 2. The van der Waals surface area contributed by atoms with Crippen LogP contribution in [0.3, 0.4) is 0 Å². The first-order chi connectivity index (χ1) is 14.4. The molecule has 0 amide bonds. The third-order valence-electron chi connectivity index (χ3n) is 4.77. The lowest BCUT2D eigenvalue weighted by molar-refractivity contribution is -0.121. The van der Waals surface area contributed by atoms with Crippen molar-refractivity contribution in [3.8, 4) is 23.2 Å². The molecule has 0 bridgehead atoms. The Hall–Kier alpha value is -3.91. The van der Waals surface area contributed by atoms with Gasteiger partial charge in [-0.1, -0.05) is 57.2 Å². The smallest absolute Gasteiger partial charge is 0.178 e. The van der Waals surface area contributed by atoms with Gasteiger partial charge in [0.1, 0.15) is 17.3 Å². The van der Waals surface area contributed by atoms with Crippen LogP contribution in [0.15, 0.2) is 76.9 Å². The fourth-order valence-electron chi connectivity index (χ4n) is 3.20. The number of rotatable bonds is 4. The first kappa shape index (κ1) is 19.4. The van der Waals surface area contributed by atoms with Gasteiger partial charge in [0, 0.05) is 22.6 Å². The Bertz CT molecular complexity index is 1260. The summed E-state index contributed by atoms with van der Waals surface area (Å²) in [5.41, 5.74) is 2.28. The molecular formula is C25H21N3O2. The second-order valence-electron chi connectivity index (χ2n) is 8.11. The van der Waals surface area contributed by atoms with Gasteiger partial charge in [-0.05, 0) is 30.3 Å². The zero-order chi connectivity index (χ0) is 21.3. The molecule has 0 fully saturated rings. The summed E-state index contributed by atoms with van der Waals surface area (Å²) in [5, 5.41) is 15.3. The molecule has 2 aromatic heterocycles. The van der Waals surface area contributed by atoms with Crippen LogP contribution < -0.4 is 0 Å². The Morgan fingerprint density at radius 2 is 1.80 bits per heavy atom. The lowest BCUT2D eigenvalue weighted by Crippen LogP contribution is -2.21. The van der Waals surface area contributed by atoms with Crippen LogP contribution in [0, 0.1) is 16.7 Å². The minimum Gasteiger partial charge on any atom is -0.454 e. The van der Waals surface area contributed by atoms with Crippen LogP contribution in [0.1, 0.15) is 26.3 Å². The molecule has 0 aliphatic carbocycles. The molecule has 30 heavy (non-hydrogen) atoms. The minimum absolute atomic E-state index is 0.0903. The predicted octanol–water partition coefficient (Wildman–Crippen LogP) is 5.81. The van der Waals surface area contributed by atoms with E-state index in [1.807, 2.05) is 66.9 Å². The van der Waals surface area contributed by atoms with Crippen LogP contribution in [0.25, 0.3) is 34.2 Å². The maximum absolute atomic E-state index is 12.7. The van der Waals surface area contributed by atoms with Crippen LogP contribution in [-0.4, -0.2) is 15.6 Å². The van der Waals surface area contributed by atoms with Crippen molar-refractivity contribution in [2.75, 3.05) is 0 Å². The Kier molecular flexibility index (Phi) is 4.85. The molecule has 0 atom stereocenters. The molecule has 5 nitrogen and oxygen atoms in total. The highest BCUT2D eigenvalue weighted by atomic mass is 16.3. The first-order valence-electron chi connectivity index (χ1n) is 9.67. The summed E-state index contributed by atoms with van der Waals surface area (Å²) in [5.74, 6) is 0.366. The Morgan fingerprint density at radius 1 is 1.10 bits per heavy atom. The second-order valence-corrected chi connectivity index (χ2v) is 8.11. The molecule has 0 aliphatic rings. The van der Waals surface area contributed by atoms with E-state index in [0.717, 1.165) is 16.7 Å². The highest BCUT2D eigenvalue weighted by molar-refractivity contribution is 6.06. The summed E-state index contributed by atoms with van der Waals surface area (Å²) in [4.78, 5) is 12.7. The van der Waals surface area contributed by atoms with Gasteiger partial charge in [0.2, 0.25) is 0 Å². The molecule has 4 aromatic rings. The van der Waals surface area contributed by atoms with E-state index >= 15 is 0 Å². The molecule has 0 saturated heterocycles. The normalized spacial score (nSPS) is 12.1. The predicted molar refractivity (Wildman–Crippen MR) is 117 cm³/mol. The SMILES string of the molecule is CC(C)(C)C(=O)C(C#N)=Cc1cn(-c2ccccc2)nc1-c1cc2ccccc2o1. The number of allylic oxidation sites excluding steroid dienone is 1.